The highest BCUT2D eigenvalue weighted by Gasteiger charge is 2.39. The third kappa shape index (κ3) is 4.76. The summed E-state index contributed by atoms with van der Waals surface area (Å²) in [5.74, 6) is -0.180. The van der Waals surface area contributed by atoms with E-state index in [9.17, 15) is 18.0 Å². The Kier molecular flexibility index (Phi) is 6.86. The number of ketones is 1. The molecule has 0 radical (unpaired) electrons. The van der Waals surface area contributed by atoms with Crippen LogP contribution in [0.15, 0.2) is 119 Å². The number of benzene rings is 3. The first kappa shape index (κ1) is 26.2. The second-order valence-electron chi connectivity index (χ2n) is 10.5. The summed E-state index contributed by atoms with van der Waals surface area (Å²) < 4.78 is 29.0. The second kappa shape index (κ2) is 10.5. The minimum atomic E-state index is -3.73. The number of fused-ring (bicyclic) bond motifs is 1. The van der Waals surface area contributed by atoms with Crippen LogP contribution in [0.2, 0.25) is 0 Å². The van der Waals surface area contributed by atoms with Crippen LogP contribution in [0.4, 0.5) is 0 Å². The number of rotatable bonds is 7. The highest BCUT2D eigenvalue weighted by atomic mass is 32.2. The van der Waals surface area contributed by atoms with Gasteiger partial charge in [0.25, 0.3) is 5.56 Å². The zero-order valence-corrected chi connectivity index (χ0v) is 22.9. The van der Waals surface area contributed by atoms with Gasteiger partial charge in [-0.05, 0) is 58.9 Å². The first-order chi connectivity index (χ1) is 19.4. The van der Waals surface area contributed by atoms with Crippen LogP contribution in [-0.4, -0.2) is 36.2 Å². The van der Waals surface area contributed by atoms with Crippen molar-refractivity contribution >= 4 is 32.2 Å². The van der Waals surface area contributed by atoms with Crippen LogP contribution < -0.4 is 5.56 Å². The van der Waals surface area contributed by atoms with Gasteiger partial charge >= 0.3 is 0 Å². The van der Waals surface area contributed by atoms with Gasteiger partial charge in [-0.25, -0.2) is 8.42 Å². The fourth-order valence-corrected chi connectivity index (χ4v) is 7.23. The number of carbonyl (C=O) groups excluding carboxylic acids is 1. The summed E-state index contributed by atoms with van der Waals surface area (Å²) >= 11 is 0. The molecule has 1 aromatic heterocycles. The van der Waals surface area contributed by atoms with Crippen molar-refractivity contribution in [1.29, 1.82) is 0 Å². The summed E-state index contributed by atoms with van der Waals surface area (Å²) in [6.07, 6.45) is 9.36. The number of carbonyl (C=O) groups is 1. The fraction of sp³-hybridized carbons (Fsp3) is 0.212. The van der Waals surface area contributed by atoms with Crippen LogP contribution in [0.5, 0.6) is 0 Å². The Labute approximate surface area is 233 Å². The van der Waals surface area contributed by atoms with E-state index in [0.29, 0.717) is 19.5 Å². The van der Waals surface area contributed by atoms with E-state index in [2.05, 4.69) is 6.08 Å². The van der Waals surface area contributed by atoms with Crippen molar-refractivity contribution < 1.29 is 13.2 Å². The van der Waals surface area contributed by atoms with Crippen molar-refractivity contribution in [2.75, 3.05) is 13.1 Å². The standard InChI is InChI=1S/C33H30N2O4S/c36-31(24-34-23-30(14-15-32(34)37)40(38,39)35-20-6-7-21-35)33(29-13-12-26-10-4-5-11-28(26)22-29)18-16-27(17-19-33)25-8-2-1-3-9-25/h1-5,8-18,22-23H,6-7,19-21,24H2. The lowest BCUT2D eigenvalue weighted by Crippen LogP contribution is -2.39. The molecule has 1 fully saturated rings. The number of hydrogen-bond donors (Lipinski definition) is 0. The lowest BCUT2D eigenvalue weighted by molar-refractivity contribution is -0.123. The third-order valence-electron chi connectivity index (χ3n) is 8.03. The van der Waals surface area contributed by atoms with Gasteiger partial charge in [0.15, 0.2) is 5.78 Å². The van der Waals surface area contributed by atoms with Gasteiger partial charge in [0, 0.05) is 25.4 Å². The normalized spacial score (nSPS) is 19.6. The number of aromatic nitrogens is 1. The summed E-state index contributed by atoms with van der Waals surface area (Å²) in [4.78, 5) is 27.1. The summed E-state index contributed by atoms with van der Waals surface area (Å²) in [7, 11) is -3.73. The molecule has 7 heteroatoms. The zero-order chi connectivity index (χ0) is 27.7. The van der Waals surface area contributed by atoms with Crippen molar-refractivity contribution in [1.82, 2.24) is 8.87 Å². The molecule has 1 saturated heterocycles. The first-order valence-electron chi connectivity index (χ1n) is 13.5. The number of Topliss-reactive ketones (excluding diaryl/α,β-unsaturated/α-hetero) is 1. The predicted molar refractivity (Wildman–Crippen MR) is 158 cm³/mol. The molecule has 0 bridgehead atoms. The van der Waals surface area contributed by atoms with E-state index >= 15 is 0 Å². The molecule has 1 atom stereocenters. The van der Waals surface area contributed by atoms with E-state index in [0.717, 1.165) is 40.3 Å². The molecule has 4 aromatic rings. The van der Waals surface area contributed by atoms with Gasteiger partial charge in [0.05, 0.1) is 16.9 Å². The van der Waals surface area contributed by atoms with Crippen molar-refractivity contribution in [3.8, 4) is 0 Å². The van der Waals surface area contributed by atoms with Gasteiger partial charge in [-0.2, -0.15) is 4.31 Å². The topological polar surface area (TPSA) is 76.5 Å². The first-order valence-corrected chi connectivity index (χ1v) is 15.0. The van der Waals surface area contributed by atoms with E-state index < -0.39 is 21.0 Å². The maximum atomic E-state index is 14.2. The maximum absolute atomic E-state index is 14.2. The third-order valence-corrected chi connectivity index (χ3v) is 9.92. The highest BCUT2D eigenvalue weighted by Crippen LogP contribution is 2.39. The Morgan fingerprint density at radius 3 is 2.30 bits per heavy atom. The molecule has 40 heavy (non-hydrogen) atoms. The average molecular weight is 551 g/mol. The van der Waals surface area contributed by atoms with Crippen LogP contribution in [0.25, 0.3) is 16.3 Å². The molecule has 1 aliphatic heterocycles. The predicted octanol–water partition coefficient (Wildman–Crippen LogP) is 5.34. The maximum Gasteiger partial charge on any atom is 0.250 e. The zero-order valence-electron chi connectivity index (χ0n) is 22.1. The number of hydrogen-bond acceptors (Lipinski definition) is 4. The molecular weight excluding hydrogens is 520 g/mol. The van der Waals surface area contributed by atoms with Crippen LogP contribution >= 0.6 is 0 Å². The molecule has 6 rings (SSSR count). The Balaban J connectivity index is 1.39. The van der Waals surface area contributed by atoms with E-state index in [-0.39, 0.29) is 17.2 Å². The van der Waals surface area contributed by atoms with E-state index in [1.54, 1.807) is 0 Å². The van der Waals surface area contributed by atoms with Gasteiger partial charge < -0.3 is 4.57 Å². The quantitative estimate of drug-likeness (QED) is 0.311. The molecule has 6 nitrogen and oxygen atoms in total. The smallest absolute Gasteiger partial charge is 0.250 e. The highest BCUT2D eigenvalue weighted by molar-refractivity contribution is 7.89. The largest absolute Gasteiger partial charge is 0.307 e. The van der Waals surface area contributed by atoms with Crippen molar-refractivity contribution in [3.05, 3.63) is 131 Å². The van der Waals surface area contributed by atoms with Crippen LogP contribution in [0.1, 0.15) is 30.4 Å². The lowest BCUT2D eigenvalue weighted by Gasteiger charge is -2.32. The van der Waals surface area contributed by atoms with Crippen molar-refractivity contribution in [3.63, 3.8) is 0 Å². The fourth-order valence-electron chi connectivity index (χ4n) is 5.69. The van der Waals surface area contributed by atoms with Gasteiger partial charge in [0.1, 0.15) is 0 Å². The van der Waals surface area contributed by atoms with E-state index in [1.807, 2.05) is 84.9 Å². The Bertz CT molecular complexity index is 1820. The van der Waals surface area contributed by atoms with E-state index in [1.165, 1.54) is 27.2 Å². The molecule has 1 unspecified atom stereocenters. The second-order valence-corrected chi connectivity index (χ2v) is 12.4. The van der Waals surface area contributed by atoms with E-state index in [4.69, 9.17) is 0 Å². The van der Waals surface area contributed by atoms with Gasteiger partial charge in [-0.1, -0.05) is 85.0 Å². The SMILES string of the molecule is O=C(Cn1cc(S(=O)(=O)N2CCCC2)ccc1=O)C1(c2ccc3ccccc3c2)C=CC(c2ccccc2)=CC1. The number of pyridine rings is 1. The lowest BCUT2D eigenvalue weighted by atomic mass is 9.70. The molecule has 0 N–H and O–H groups in total. The Hall–Kier alpha value is -4.07. The van der Waals surface area contributed by atoms with Gasteiger partial charge in [-0.15, -0.1) is 0 Å². The number of allylic oxidation sites excluding steroid dienone is 4. The molecule has 0 saturated carbocycles. The number of nitrogens with zero attached hydrogens (tertiary/aromatic N) is 2. The summed E-state index contributed by atoms with van der Waals surface area (Å²) in [6, 6.07) is 26.6. The molecular formula is C33H30N2O4S. The van der Waals surface area contributed by atoms with Crippen LogP contribution in [0.3, 0.4) is 0 Å². The Morgan fingerprint density at radius 1 is 0.850 bits per heavy atom. The molecule has 2 heterocycles. The molecule has 0 amide bonds. The average Bonchev–Trinajstić information content (AvgIpc) is 3.55. The van der Waals surface area contributed by atoms with Gasteiger partial charge in [0.2, 0.25) is 10.0 Å². The minimum absolute atomic E-state index is 0.0343. The molecule has 1 aliphatic carbocycles. The monoisotopic (exact) mass is 550 g/mol. The summed E-state index contributed by atoms with van der Waals surface area (Å²) in [5.41, 5.74) is 1.51. The van der Waals surface area contributed by atoms with Crippen LogP contribution in [0, 0.1) is 0 Å². The number of sulfonamides is 1. The molecule has 202 valence electrons. The van der Waals surface area contributed by atoms with Gasteiger partial charge in [-0.3, -0.25) is 9.59 Å². The molecule has 3 aromatic carbocycles. The summed E-state index contributed by atoms with van der Waals surface area (Å²) in [6.45, 7) is 0.687. The molecule has 2 aliphatic rings. The van der Waals surface area contributed by atoms with Crippen molar-refractivity contribution in [2.45, 2.75) is 36.1 Å². The minimum Gasteiger partial charge on any atom is -0.307 e. The molecule has 0 spiro atoms. The summed E-state index contributed by atoms with van der Waals surface area (Å²) in [5, 5.41) is 2.10. The Morgan fingerprint density at radius 2 is 1.57 bits per heavy atom. The van der Waals surface area contributed by atoms with Crippen LogP contribution in [-0.2, 0) is 26.8 Å². The van der Waals surface area contributed by atoms with Crippen molar-refractivity contribution in [2.24, 2.45) is 0 Å².